The predicted octanol–water partition coefficient (Wildman–Crippen LogP) is 1.40. The van der Waals surface area contributed by atoms with Gasteiger partial charge in [-0.25, -0.2) is 0 Å². The number of aromatic nitrogens is 2. The van der Waals surface area contributed by atoms with Gasteiger partial charge in [-0.3, -0.25) is 4.90 Å². The fraction of sp³-hybridized carbons (Fsp3) is 0.778. The van der Waals surface area contributed by atoms with Gasteiger partial charge in [-0.1, -0.05) is 11.3 Å². The van der Waals surface area contributed by atoms with Gasteiger partial charge < -0.3 is 5.11 Å². The number of aliphatic hydroxyl groups excluding tert-OH is 1. The van der Waals surface area contributed by atoms with E-state index in [0.717, 1.165) is 37.5 Å². The van der Waals surface area contributed by atoms with Gasteiger partial charge in [0, 0.05) is 6.61 Å². The van der Waals surface area contributed by atoms with Crippen LogP contribution in [0.25, 0.3) is 0 Å². The molecule has 1 saturated heterocycles. The van der Waals surface area contributed by atoms with Crippen molar-refractivity contribution in [2.45, 2.75) is 19.4 Å². The molecule has 0 aliphatic carbocycles. The average Bonchev–Trinajstić information content (AvgIpc) is 2.65. The predicted molar refractivity (Wildman–Crippen MR) is 60.0 cm³/mol. The third-order valence-corrected chi connectivity index (χ3v) is 3.77. The minimum Gasteiger partial charge on any atom is -0.396 e. The molecule has 0 aromatic carbocycles. The van der Waals surface area contributed by atoms with E-state index in [0.29, 0.717) is 17.0 Å². The molecule has 1 aromatic heterocycles. The molecule has 1 N–H and O–H groups in total. The maximum Gasteiger partial charge on any atom is 0.207 e. The number of nitrogens with zero attached hydrogens (tertiary/aromatic N) is 3. The largest absolute Gasteiger partial charge is 0.396 e. The summed E-state index contributed by atoms with van der Waals surface area (Å²) in [7, 11) is 0. The zero-order valence-electron chi connectivity index (χ0n) is 8.40. The van der Waals surface area contributed by atoms with Crippen molar-refractivity contribution in [2.75, 3.05) is 19.7 Å². The molecule has 0 saturated carbocycles. The molecular weight excluding hydrogens is 234 g/mol. The van der Waals surface area contributed by atoms with Crippen LogP contribution in [0.3, 0.4) is 0 Å². The third-order valence-electron chi connectivity index (χ3n) is 2.77. The van der Waals surface area contributed by atoms with Gasteiger partial charge in [0.05, 0.1) is 6.54 Å². The summed E-state index contributed by atoms with van der Waals surface area (Å²) in [6, 6.07) is 0. The van der Waals surface area contributed by atoms with E-state index in [2.05, 4.69) is 15.1 Å². The summed E-state index contributed by atoms with van der Waals surface area (Å²) >= 11 is 7.16. The van der Waals surface area contributed by atoms with E-state index in [9.17, 15) is 0 Å². The highest BCUT2D eigenvalue weighted by Crippen LogP contribution is 2.21. The van der Waals surface area contributed by atoms with Gasteiger partial charge in [0.2, 0.25) is 4.47 Å². The number of aliphatic hydroxyl groups is 1. The van der Waals surface area contributed by atoms with Crippen LogP contribution < -0.4 is 0 Å². The Kier molecular flexibility index (Phi) is 3.91. The monoisotopic (exact) mass is 247 g/mol. The minimum atomic E-state index is 0.318. The van der Waals surface area contributed by atoms with Crippen LogP contribution in [0.4, 0.5) is 0 Å². The molecule has 1 aliphatic rings. The van der Waals surface area contributed by atoms with Crippen LogP contribution in [-0.2, 0) is 6.54 Å². The van der Waals surface area contributed by atoms with Crippen molar-refractivity contribution < 1.29 is 5.11 Å². The highest BCUT2D eigenvalue weighted by Gasteiger charge is 2.19. The SMILES string of the molecule is OCC1CCN(Cc2nnc(Cl)s2)CC1. The van der Waals surface area contributed by atoms with Crippen molar-refractivity contribution in [1.82, 2.24) is 15.1 Å². The summed E-state index contributed by atoms with van der Waals surface area (Å²) in [5, 5.41) is 17.8. The molecule has 4 nitrogen and oxygen atoms in total. The fourth-order valence-electron chi connectivity index (χ4n) is 1.82. The van der Waals surface area contributed by atoms with Crippen molar-refractivity contribution in [3.05, 3.63) is 9.47 Å². The molecule has 1 aromatic rings. The number of hydrogen-bond acceptors (Lipinski definition) is 5. The lowest BCUT2D eigenvalue weighted by Gasteiger charge is -2.30. The zero-order valence-corrected chi connectivity index (χ0v) is 9.97. The normalized spacial score (nSPS) is 19.6. The van der Waals surface area contributed by atoms with Crippen LogP contribution in [0.2, 0.25) is 4.47 Å². The zero-order chi connectivity index (χ0) is 10.7. The lowest BCUT2D eigenvalue weighted by molar-refractivity contribution is 0.127. The van der Waals surface area contributed by atoms with E-state index in [-0.39, 0.29) is 0 Å². The third kappa shape index (κ3) is 3.11. The summed E-state index contributed by atoms with van der Waals surface area (Å²) in [6.45, 7) is 3.21. The molecule has 0 bridgehead atoms. The molecule has 1 fully saturated rings. The maximum absolute atomic E-state index is 9.01. The van der Waals surface area contributed by atoms with E-state index in [1.54, 1.807) is 0 Å². The second-order valence-electron chi connectivity index (χ2n) is 3.85. The van der Waals surface area contributed by atoms with Crippen molar-refractivity contribution in [2.24, 2.45) is 5.92 Å². The van der Waals surface area contributed by atoms with Crippen molar-refractivity contribution in [3.8, 4) is 0 Å². The van der Waals surface area contributed by atoms with Crippen LogP contribution in [0.5, 0.6) is 0 Å². The van der Waals surface area contributed by atoms with Gasteiger partial charge in [-0.2, -0.15) is 0 Å². The Morgan fingerprint density at radius 2 is 2.13 bits per heavy atom. The first kappa shape index (κ1) is 11.3. The Morgan fingerprint density at radius 1 is 1.40 bits per heavy atom. The van der Waals surface area contributed by atoms with Crippen LogP contribution in [-0.4, -0.2) is 39.9 Å². The smallest absolute Gasteiger partial charge is 0.207 e. The van der Waals surface area contributed by atoms with Crippen molar-refractivity contribution in [3.63, 3.8) is 0 Å². The molecule has 6 heteroatoms. The second-order valence-corrected chi connectivity index (χ2v) is 5.50. The summed E-state index contributed by atoms with van der Waals surface area (Å²) in [5.74, 6) is 0.485. The first-order valence-corrected chi connectivity index (χ1v) is 6.28. The van der Waals surface area contributed by atoms with Gasteiger partial charge >= 0.3 is 0 Å². The van der Waals surface area contributed by atoms with Gasteiger partial charge in [-0.05, 0) is 43.5 Å². The molecule has 0 atom stereocenters. The van der Waals surface area contributed by atoms with Crippen LogP contribution in [0.1, 0.15) is 17.8 Å². The summed E-state index contributed by atoms with van der Waals surface area (Å²) in [5.41, 5.74) is 0. The molecule has 0 amide bonds. The molecule has 1 aliphatic heterocycles. The standard InChI is InChI=1S/C9H14ClN3OS/c10-9-12-11-8(15-9)5-13-3-1-7(6-14)2-4-13/h7,14H,1-6H2. The lowest BCUT2D eigenvalue weighted by atomic mass is 9.98. The Balaban J connectivity index is 1.82. The Labute approximate surface area is 97.9 Å². The first-order chi connectivity index (χ1) is 7.28. The molecule has 15 heavy (non-hydrogen) atoms. The number of rotatable bonds is 3. The average molecular weight is 248 g/mol. The maximum atomic E-state index is 9.01. The first-order valence-electron chi connectivity index (χ1n) is 5.09. The fourth-order valence-corrected chi connectivity index (χ4v) is 2.73. The van der Waals surface area contributed by atoms with Gasteiger partial charge in [0.15, 0.2) is 0 Å². The van der Waals surface area contributed by atoms with Gasteiger partial charge in [0.1, 0.15) is 5.01 Å². The summed E-state index contributed by atoms with van der Waals surface area (Å²) in [6.07, 6.45) is 2.14. The number of piperidine rings is 1. The van der Waals surface area contributed by atoms with Gasteiger partial charge in [0.25, 0.3) is 0 Å². The van der Waals surface area contributed by atoms with Crippen LogP contribution in [0.15, 0.2) is 0 Å². The molecular formula is C9H14ClN3OS. The van der Waals surface area contributed by atoms with E-state index < -0.39 is 0 Å². The Bertz CT molecular complexity index is 312. The van der Waals surface area contributed by atoms with E-state index in [1.807, 2.05) is 0 Å². The second kappa shape index (κ2) is 5.21. The topological polar surface area (TPSA) is 49.2 Å². The van der Waals surface area contributed by atoms with E-state index >= 15 is 0 Å². The van der Waals surface area contributed by atoms with Gasteiger partial charge in [-0.15, -0.1) is 10.2 Å². The van der Waals surface area contributed by atoms with Crippen molar-refractivity contribution in [1.29, 1.82) is 0 Å². The quantitative estimate of drug-likeness (QED) is 0.877. The van der Waals surface area contributed by atoms with Crippen LogP contribution >= 0.6 is 22.9 Å². The van der Waals surface area contributed by atoms with E-state index in [1.165, 1.54) is 11.3 Å². The number of halogens is 1. The number of hydrogen-bond donors (Lipinski definition) is 1. The molecule has 2 heterocycles. The Hall–Kier alpha value is -0.230. The number of likely N-dealkylation sites (tertiary alicyclic amines) is 1. The molecule has 0 unspecified atom stereocenters. The molecule has 2 rings (SSSR count). The lowest BCUT2D eigenvalue weighted by Crippen LogP contribution is -2.34. The highest BCUT2D eigenvalue weighted by atomic mass is 35.5. The highest BCUT2D eigenvalue weighted by molar-refractivity contribution is 7.15. The minimum absolute atomic E-state index is 0.318. The van der Waals surface area contributed by atoms with Crippen molar-refractivity contribution >= 4 is 22.9 Å². The van der Waals surface area contributed by atoms with E-state index in [4.69, 9.17) is 16.7 Å². The molecule has 0 radical (unpaired) electrons. The summed E-state index contributed by atoms with van der Waals surface area (Å²) < 4.78 is 0.509. The summed E-state index contributed by atoms with van der Waals surface area (Å²) in [4.78, 5) is 2.34. The Morgan fingerprint density at radius 3 is 2.67 bits per heavy atom. The molecule has 0 spiro atoms. The molecule has 84 valence electrons. The van der Waals surface area contributed by atoms with Crippen LogP contribution in [0, 0.1) is 5.92 Å².